The Morgan fingerprint density at radius 1 is 1.31 bits per heavy atom. The quantitative estimate of drug-likeness (QED) is 0.832. The molecule has 0 bridgehead atoms. The number of halogens is 1. The molecule has 2 nitrogen and oxygen atoms in total. The molecule has 0 spiro atoms. The Morgan fingerprint density at radius 2 is 1.88 bits per heavy atom. The van der Waals surface area contributed by atoms with Crippen LogP contribution in [0.25, 0.3) is 0 Å². The average molecular weight is 223 g/mol. The Labute approximate surface area is 95.7 Å². The molecule has 0 heterocycles. The summed E-state index contributed by atoms with van der Waals surface area (Å²) < 4.78 is 12.6. The zero-order chi connectivity index (χ0) is 12.1. The van der Waals surface area contributed by atoms with Crippen LogP contribution in [0, 0.1) is 11.7 Å². The molecule has 0 saturated heterocycles. The van der Waals surface area contributed by atoms with E-state index in [1.807, 2.05) is 13.8 Å². The highest BCUT2D eigenvalue weighted by molar-refractivity contribution is 5.84. The van der Waals surface area contributed by atoms with Crippen LogP contribution in [0.1, 0.15) is 25.8 Å². The van der Waals surface area contributed by atoms with E-state index < -0.39 is 0 Å². The van der Waals surface area contributed by atoms with E-state index in [0.29, 0.717) is 12.8 Å². The molecule has 1 atom stereocenters. The fourth-order valence-corrected chi connectivity index (χ4v) is 1.46. The van der Waals surface area contributed by atoms with Crippen molar-refractivity contribution >= 4 is 5.78 Å². The van der Waals surface area contributed by atoms with Gasteiger partial charge in [0.1, 0.15) is 11.6 Å². The molecule has 0 aliphatic heterocycles. The van der Waals surface area contributed by atoms with Crippen molar-refractivity contribution in [1.29, 1.82) is 0 Å². The number of nitrogens with two attached hydrogens (primary N) is 1. The SMILES string of the molecule is CC(C)C(N)C(=O)CCc1ccc(F)cc1. The van der Waals surface area contributed by atoms with E-state index in [4.69, 9.17) is 5.73 Å². The highest BCUT2D eigenvalue weighted by Gasteiger charge is 2.16. The van der Waals surface area contributed by atoms with Gasteiger partial charge in [0, 0.05) is 6.42 Å². The molecule has 1 aromatic rings. The van der Waals surface area contributed by atoms with E-state index >= 15 is 0 Å². The van der Waals surface area contributed by atoms with Crippen LogP contribution in [-0.4, -0.2) is 11.8 Å². The van der Waals surface area contributed by atoms with Gasteiger partial charge in [-0.1, -0.05) is 26.0 Å². The van der Waals surface area contributed by atoms with Gasteiger partial charge in [-0.2, -0.15) is 0 Å². The first-order chi connectivity index (χ1) is 7.50. The molecule has 88 valence electrons. The molecule has 0 aliphatic carbocycles. The van der Waals surface area contributed by atoms with Gasteiger partial charge in [-0.05, 0) is 30.0 Å². The lowest BCUT2D eigenvalue weighted by Gasteiger charge is -2.13. The van der Waals surface area contributed by atoms with Gasteiger partial charge >= 0.3 is 0 Å². The van der Waals surface area contributed by atoms with Crippen LogP contribution in [0.2, 0.25) is 0 Å². The smallest absolute Gasteiger partial charge is 0.150 e. The number of ketones is 1. The normalized spacial score (nSPS) is 12.8. The van der Waals surface area contributed by atoms with Crippen molar-refractivity contribution in [3.8, 4) is 0 Å². The maximum atomic E-state index is 12.6. The van der Waals surface area contributed by atoms with E-state index in [-0.39, 0.29) is 23.6 Å². The van der Waals surface area contributed by atoms with Crippen LogP contribution in [0.5, 0.6) is 0 Å². The van der Waals surface area contributed by atoms with Crippen LogP contribution in [0.15, 0.2) is 24.3 Å². The van der Waals surface area contributed by atoms with Crippen molar-refractivity contribution in [2.45, 2.75) is 32.7 Å². The summed E-state index contributed by atoms with van der Waals surface area (Å²) in [5.41, 5.74) is 6.70. The number of aryl methyl sites for hydroxylation is 1. The maximum Gasteiger partial charge on any atom is 0.150 e. The Hall–Kier alpha value is -1.22. The van der Waals surface area contributed by atoms with Crippen molar-refractivity contribution < 1.29 is 9.18 Å². The van der Waals surface area contributed by atoms with Crippen molar-refractivity contribution in [3.05, 3.63) is 35.6 Å². The molecule has 1 rings (SSSR count). The van der Waals surface area contributed by atoms with Gasteiger partial charge < -0.3 is 5.73 Å². The van der Waals surface area contributed by atoms with E-state index in [9.17, 15) is 9.18 Å². The third-order valence-corrected chi connectivity index (χ3v) is 2.66. The van der Waals surface area contributed by atoms with E-state index in [2.05, 4.69) is 0 Å². The lowest BCUT2D eigenvalue weighted by atomic mass is 9.96. The minimum atomic E-state index is -0.388. The van der Waals surface area contributed by atoms with Crippen LogP contribution < -0.4 is 5.73 Å². The van der Waals surface area contributed by atoms with Crippen molar-refractivity contribution in [3.63, 3.8) is 0 Å². The fraction of sp³-hybridized carbons (Fsp3) is 0.462. The van der Waals surface area contributed by atoms with Crippen molar-refractivity contribution in [2.75, 3.05) is 0 Å². The highest BCUT2D eigenvalue weighted by Crippen LogP contribution is 2.08. The third kappa shape index (κ3) is 3.74. The summed E-state index contributed by atoms with van der Waals surface area (Å²) in [6.45, 7) is 3.86. The first kappa shape index (κ1) is 12.8. The predicted molar refractivity (Wildman–Crippen MR) is 62.5 cm³/mol. The Morgan fingerprint density at radius 3 is 2.38 bits per heavy atom. The van der Waals surface area contributed by atoms with Crippen molar-refractivity contribution in [1.82, 2.24) is 0 Å². The summed E-state index contributed by atoms with van der Waals surface area (Å²) in [6, 6.07) is 5.82. The molecule has 0 fully saturated rings. The standard InChI is InChI=1S/C13H18FNO/c1-9(2)13(15)12(16)8-5-10-3-6-11(14)7-4-10/h3-4,6-7,9,13H,5,8,15H2,1-2H3. The highest BCUT2D eigenvalue weighted by atomic mass is 19.1. The molecule has 0 aromatic heterocycles. The summed E-state index contributed by atoms with van der Waals surface area (Å²) in [4.78, 5) is 11.6. The van der Waals surface area contributed by atoms with Gasteiger partial charge in [0.05, 0.1) is 6.04 Å². The second-order valence-electron chi connectivity index (χ2n) is 4.36. The Balaban J connectivity index is 2.46. The molecule has 2 N–H and O–H groups in total. The van der Waals surface area contributed by atoms with Crippen LogP contribution in [-0.2, 0) is 11.2 Å². The van der Waals surface area contributed by atoms with Gasteiger partial charge in [-0.3, -0.25) is 4.79 Å². The molecular formula is C13H18FNO. The molecule has 16 heavy (non-hydrogen) atoms. The van der Waals surface area contributed by atoms with Gasteiger partial charge in [0.2, 0.25) is 0 Å². The average Bonchev–Trinajstić information content (AvgIpc) is 2.26. The molecule has 1 aromatic carbocycles. The van der Waals surface area contributed by atoms with Gasteiger partial charge in [-0.25, -0.2) is 4.39 Å². The van der Waals surface area contributed by atoms with Crippen molar-refractivity contribution in [2.24, 2.45) is 11.7 Å². The largest absolute Gasteiger partial charge is 0.321 e. The minimum absolute atomic E-state index is 0.0688. The topological polar surface area (TPSA) is 43.1 Å². The van der Waals surface area contributed by atoms with Crippen LogP contribution in [0.4, 0.5) is 4.39 Å². The third-order valence-electron chi connectivity index (χ3n) is 2.66. The van der Waals surface area contributed by atoms with E-state index in [0.717, 1.165) is 5.56 Å². The number of hydrogen-bond acceptors (Lipinski definition) is 2. The zero-order valence-electron chi connectivity index (χ0n) is 9.74. The molecule has 3 heteroatoms. The molecule has 0 saturated carbocycles. The van der Waals surface area contributed by atoms with E-state index in [1.54, 1.807) is 12.1 Å². The summed E-state index contributed by atoms with van der Waals surface area (Å²) in [5.74, 6) is -0.0194. The second-order valence-corrected chi connectivity index (χ2v) is 4.36. The predicted octanol–water partition coefficient (Wildman–Crippen LogP) is 2.31. The number of hydrogen-bond donors (Lipinski definition) is 1. The van der Waals surface area contributed by atoms with Gasteiger partial charge in [0.15, 0.2) is 0 Å². The summed E-state index contributed by atoms with van der Waals surface area (Å²) in [7, 11) is 0. The summed E-state index contributed by atoms with van der Waals surface area (Å²) in [5, 5.41) is 0. The Kier molecular flexibility index (Phi) is 4.62. The lowest BCUT2D eigenvalue weighted by molar-refractivity contribution is -0.121. The first-order valence-electron chi connectivity index (χ1n) is 5.53. The lowest BCUT2D eigenvalue weighted by Crippen LogP contribution is -2.35. The van der Waals surface area contributed by atoms with Crippen LogP contribution >= 0.6 is 0 Å². The fourth-order valence-electron chi connectivity index (χ4n) is 1.46. The van der Waals surface area contributed by atoms with Crippen LogP contribution in [0.3, 0.4) is 0 Å². The minimum Gasteiger partial charge on any atom is -0.321 e. The molecule has 0 amide bonds. The summed E-state index contributed by atoms with van der Waals surface area (Å²) in [6.07, 6.45) is 1.05. The first-order valence-corrected chi connectivity index (χ1v) is 5.53. The zero-order valence-corrected chi connectivity index (χ0v) is 9.74. The number of benzene rings is 1. The number of carbonyl (C=O) groups excluding carboxylic acids is 1. The molecule has 1 unspecified atom stereocenters. The Bertz CT molecular complexity index is 345. The second kappa shape index (κ2) is 5.75. The number of rotatable bonds is 5. The monoisotopic (exact) mass is 223 g/mol. The maximum absolute atomic E-state index is 12.6. The van der Waals surface area contributed by atoms with E-state index in [1.165, 1.54) is 12.1 Å². The molecular weight excluding hydrogens is 205 g/mol. The van der Waals surface area contributed by atoms with Gasteiger partial charge in [0.25, 0.3) is 0 Å². The summed E-state index contributed by atoms with van der Waals surface area (Å²) >= 11 is 0. The number of Topliss-reactive ketones (excluding diaryl/α,β-unsaturated/α-hetero) is 1. The van der Waals surface area contributed by atoms with Gasteiger partial charge in [-0.15, -0.1) is 0 Å². The molecule has 0 radical (unpaired) electrons. The molecule has 0 aliphatic rings. The number of carbonyl (C=O) groups is 1.